The quantitative estimate of drug-likeness (QED) is 0.766. The number of nitrogens with zero attached hydrogens (tertiary/aromatic N) is 2. The lowest BCUT2D eigenvalue weighted by Crippen LogP contribution is -2.17. The summed E-state index contributed by atoms with van der Waals surface area (Å²) in [5.41, 5.74) is 3.10. The lowest BCUT2D eigenvalue weighted by Gasteiger charge is -2.23. The molecule has 0 bridgehead atoms. The maximum absolute atomic E-state index is 4.65. The smallest absolute Gasteiger partial charge is 0.145 e. The van der Waals surface area contributed by atoms with Crippen LogP contribution in [0.2, 0.25) is 0 Å². The van der Waals surface area contributed by atoms with E-state index in [4.69, 9.17) is 0 Å². The number of aromatic nitrogens is 2. The van der Waals surface area contributed by atoms with Crippen molar-refractivity contribution in [1.82, 2.24) is 9.97 Å². The Kier molecular flexibility index (Phi) is 3.82. The Labute approximate surface area is 125 Å². The predicted molar refractivity (Wildman–Crippen MR) is 87.2 cm³/mol. The van der Waals surface area contributed by atoms with Crippen molar-refractivity contribution in [2.75, 3.05) is 5.32 Å². The molecular formula is C18H19N3. The Morgan fingerprint density at radius 1 is 0.857 bits per heavy atom. The predicted octanol–water partition coefficient (Wildman–Crippen LogP) is 4.44. The molecule has 3 rings (SSSR count). The Morgan fingerprint density at radius 3 is 2.24 bits per heavy atom. The number of rotatable bonds is 4. The average molecular weight is 277 g/mol. The fourth-order valence-corrected chi connectivity index (χ4v) is 2.48. The van der Waals surface area contributed by atoms with E-state index in [1.807, 2.05) is 30.3 Å². The molecule has 3 nitrogen and oxygen atoms in total. The summed E-state index contributed by atoms with van der Waals surface area (Å²) in [6.07, 6.45) is 1.81. The number of nitrogens with one attached hydrogen (secondary N) is 1. The molecule has 106 valence electrons. The van der Waals surface area contributed by atoms with Crippen molar-refractivity contribution < 1.29 is 0 Å². The lowest BCUT2D eigenvalue weighted by atomic mass is 9.96. The van der Waals surface area contributed by atoms with Crippen LogP contribution in [0.5, 0.6) is 0 Å². The van der Waals surface area contributed by atoms with Crippen LogP contribution in [0.1, 0.15) is 25.5 Å². The monoisotopic (exact) mass is 277 g/mol. The first-order valence-electron chi connectivity index (χ1n) is 7.27. The van der Waals surface area contributed by atoms with Crippen LogP contribution in [0.3, 0.4) is 0 Å². The van der Waals surface area contributed by atoms with E-state index in [1.165, 1.54) is 5.56 Å². The van der Waals surface area contributed by atoms with Crippen molar-refractivity contribution in [3.05, 3.63) is 66.4 Å². The average Bonchev–Trinajstić information content (AvgIpc) is 2.53. The molecule has 0 aliphatic rings. The summed E-state index contributed by atoms with van der Waals surface area (Å²) < 4.78 is 0. The molecule has 0 amide bonds. The van der Waals surface area contributed by atoms with E-state index in [9.17, 15) is 0 Å². The van der Waals surface area contributed by atoms with Gasteiger partial charge in [-0.15, -0.1) is 0 Å². The molecule has 0 spiro atoms. The van der Waals surface area contributed by atoms with Gasteiger partial charge in [-0.2, -0.15) is 0 Å². The SMILES string of the molecule is CC(C)C(Nc1cnc2ccccc2n1)c1ccccc1. The molecule has 1 aromatic heterocycles. The van der Waals surface area contributed by atoms with Crippen molar-refractivity contribution in [2.45, 2.75) is 19.9 Å². The zero-order valence-corrected chi connectivity index (χ0v) is 12.3. The molecule has 21 heavy (non-hydrogen) atoms. The number of para-hydroxylation sites is 2. The highest BCUT2D eigenvalue weighted by atomic mass is 15.0. The molecular weight excluding hydrogens is 258 g/mol. The number of anilines is 1. The third-order valence-electron chi connectivity index (χ3n) is 3.58. The van der Waals surface area contributed by atoms with Gasteiger partial charge >= 0.3 is 0 Å². The summed E-state index contributed by atoms with van der Waals surface area (Å²) in [6, 6.07) is 18.6. The standard InChI is InChI=1S/C18H19N3/c1-13(2)18(14-8-4-3-5-9-14)21-17-12-19-15-10-6-7-11-16(15)20-17/h3-13,18H,1-2H3,(H,20,21). The molecule has 3 heteroatoms. The number of hydrogen-bond donors (Lipinski definition) is 1. The maximum atomic E-state index is 4.65. The minimum absolute atomic E-state index is 0.224. The second-order valence-electron chi connectivity index (χ2n) is 5.52. The molecule has 0 fully saturated rings. The summed E-state index contributed by atoms with van der Waals surface area (Å²) in [5, 5.41) is 3.51. The second-order valence-corrected chi connectivity index (χ2v) is 5.52. The van der Waals surface area contributed by atoms with Crippen molar-refractivity contribution in [1.29, 1.82) is 0 Å². The molecule has 0 saturated heterocycles. The molecule has 0 aliphatic carbocycles. The van der Waals surface area contributed by atoms with E-state index >= 15 is 0 Å². The van der Waals surface area contributed by atoms with Crippen molar-refractivity contribution in [3.8, 4) is 0 Å². The van der Waals surface area contributed by atoms with Gasteiger partial charge in [0.15, 0.2) is 0 Å². The third-order valence-corrected chi connectivity index (χ3v) is 3.58. The van der Waals surface area contributed by atoms with Crippen LogP contribution in [0.15, 0.2) is 60.8 Å². The summed E-state index contributed by atoms with van der Waals surface area (Å²) >= 11 is 0. The normalized spacial score (nSPS) is 12.5. The highest BCUT2D eigenvalue weighted by molar-refractivity contribution is 5.75. The summed E-state index contributed by atoms with van der Waals surface area (Å²) in [6.45, 7) is 4.41. The van der Waals surface area contributed by atoms with Gasteiger partial charge in [-0.3, -0.25) is 4.98 Å². The summed E-state index contributed by atoms with van der Waals surface area (Å²) in [7, 11) is 0. The highest BCUT2D eigenvalue weighted by Gasteiger charge is 2.16. The molecule has 2 aromatic carbocycles. The molecule has 1 N–H and O–H groups in total. The zero-order chi connectivity index (χ0) is 14.7. The third kappa shape index (κ3) is 3.02. The van der Waals surface area contributed by atoms with Gasteiger partial charge in [0.05, 0.1) is 23.3 Å². The minimum atomic E-state index is 0.224. The first-order valence-corrected chi connectivity index (χ1v) is 7.27. The molecule has 3 aromatic rings. The van der Waals surface area contributed by atoms with Crippen LogP contribution >= 0.6 is 0 Å². The van der Waals surface area contributed by atoms with Gasteiger partial charge in [0.2, 0.25) is 0 Å². The lowest BCUT2D eigenvalue weighted by molar-refractivity contribution is 0.545. The van der Waals surface area contributed by atoms with Crippen LogP contribution in [-0.2, 0) is 0 Å². The molecule has 0 radical (unpaired) electrons. The first kappa shape index (κ1) is 13.6. The van der Waals surface area contributed by atoms with E-state index in [0.717, 1.165) is 16.9 Å². The maximum Gasteiger partial charge on any atom is 0.145 e. The van der Waals surface area contributed by atoms with Gasteiger partial charge in [-0.1, -0.05) is 56.3 Å². The fourth-order valence-electron chi connectivity index (χ4n) is 2.48. The summed E-state index contributed by atoms with van der Waals surface area (Å²) in [4.78, 5) is 9.11. The van der Waals surface area contributed by atoms with Gasteiger partial charge in [0.1, 0.15) is 5.82 Å². The van der Waals surface area contributed by atoms with Gasteiger partial charge in [0.25, 0.3) is 0 Å². The van der Waals surface area contributed by atoms with Crippen LogP contribution in [0.25, 0.3) is 11.0 Å². The van der Waals surface area contributed by atoms with E-state index in [-0.39, 0.29) is 6.04 Å². The molecule has 0 aliphatic heterocycles. The van der Waals surface area contributed by atoms with Gasteiger partial charge < -0.3 is 5.32 Å². The van der Waals surface area contributed by atoms with E-state index < -0.39 is 0 Å². The fraction of sp³-hybridized carbons (Fsp3) is 0.222. The highest BCUT2D eigenvalue weighted by Crippen LogP contribution is 2.25. The number of benzene rings is 2. The Bertz CT molecular complexity index is 723. The van der Waals surface area contributed by atoms with Crippen LogP contribution < -0.4 is 5.32 Å². The Balaban J connectivity index is 1.91. The number of fused-ring (bicyclic) bond motifs is 1. The minimum Gasteiger partial charge on any atom is -0.362 e. The Morgan fingerprint density at radius 2 is 1.52 bits per heavy atom. The van der Waals surface area contributed by atoms with Gasteiger partial charge in [-0.25, -0.2) is 4.98 Å². The van der Waals surface area contributed by atoms with Crippen LogP contribution in [0, 0.1) is 5.92 Å². The topological polar surface area (TPSA) is 37.8 Å². The first-order chi connectivity index (χ1) is 10.2. The molecule has 0 saturated carbocycles. The largest absolute Gasteiger partial charge is 0.362 e. The zero-order valence-electron chi connectivity index (χ0n) is 12.3. The van der Waals surface area contributed by atoms with Gasteiger partial charge in [0, 0.05) is 0 Å². The van der Waals surface area contributed by atoms with Crippen molar-refractivity contribution in [2.24, 2.45) is 5.92 Å². The van der Waals surface area contributed by atoms with Gasteiger partial charge in [-0.05, 0) is 23.6 Å². The second kappa shape index (κ2) is 5.92. The molecule has 1 atom stereocenters. The van der Waals surface area contributed by atoms with Crippen LogP contribution in [0.4, 0.5) is 5.82 Å². The molecule has 1 heterocycles. The van der Waals surface area contributed by atoms with E-state index in [0.29, 0.717) is 5.92 Å². The summed E-state index contributed by atoms with van der Waals surface area (Å²) in [5.74, 6) is 1.27. The van der Waals surface area contributed by atoms with E-state index in [1.54, 1.807) is 6.20 Å². The van der Waals surface area contributed by atoms with E-state index in [2.05, 4.69) is 53.4 Å². The molecule has 1 unspecified atom stereocenters. The van der Waals surface area contributed by atoms with Crippen molar-refractivity contribution >= 4 is 16.9 Å². The van der Waals surface area contributed by atoms with Crippen molar-refractivity contribution in [3.63, 3.8) is 0 Å². The van der Waals surface area contributed by atoms with Crippen LogP contribution in [-0.4, -0.2) is 9.97 Å². The number of hydrogen-bond acceptors (Lipinski definition) is 3. The Hall–Kier alpha value is -2.42.